The van der Waals surface area contributed by atoms with Crippen LogP contribution in [0.5, 0.6) is 0 Å². The highest BCUT2D eigenvalue weighted by atomic mass is 32.2. The molecule has 1 N–H and O–H groups in total. The van der Waals surface area contributed by atoms with Gasteiger partial charge in [0.25, 0.3) is 10.0 Å². The molecule has 0 aliphatic heterocycles. The molecule has 23 heavy (non-hydrogen) atoms. The number of hydrazone groups is 1. The van der Waals surface area contributed by atoms with E-state index >= 15 is 0 Å². The molecular formula is C17H16N2O2S2. The van der Waals surface area contributed by atoms with Crippen LogP contribution in [0.3, 0.4) is 0 Å². The number of sulfonamides is 1. The molecule has 0 fully saturated rings. The minimum Gasteiger partial charge on any atom is -0.200 e. The lowest BCUT2D eigenvalue weighted by Gasteiger charge is -2.03. The number of fused-ring (bicyclic) bond motifs is 1. The van der Waals surface area contributed by atoms with Crippen molar-refractivity contribution < 1.29 is 8.42 Å². The molecule has 0 atom stereocenters. The van der Waals surface area contributed by atoms with Crippen molar-refractivity contribution in [2.45, 2.75) is 18.2 Å². The first-order valence-electron chi connectivity index (χ1n) is 7.11. The predicted octanol–water partition coefficient (Wildman–Crippen LogP) is 3.72. The monoisotopic (exact) mass is 344 g/mol. The van der Waals surface area contributed by atoms with Crippen molar-refractivity contribution in [1.29, 1.82) is 0 Å². The number of aryl methyl sites for hydroxylation is 1. The van der Waals surface area contributed by atoms with Gasteiger partial charge in [-0.25, -0.2) is 4.83 Å². The second-order valence-corrected chi connectivity index (χ2v) is 7.79. The normalized spacial score (nSPS) is 12.0. The van der Waals surface area contributed by atoms with Crippen molar-refractivity contribution in [2.24, 2.45) is 5.10 Å². The molecule has 1 heterocycles. The minimum absolute atomic E-state index is 0.210. The fourth-order valence-electron chi connectivity index (χ4n) is 2.22. The van der Waals surface area contributed by atoms with Gasteiger partial charge in [0.05, 0.1) is 4.90 Å². The molecule has 118 valence electrons. The maximum Gasteiger partial charge on any atom is 0.276 e. The number of nitrogens with zero attached hydrogens (tertiary/aromatic N) is 1. The van der Waals surface area contributed by atoms with Crippen LogP contribution in [0.25, 0.3) is 10.8 Å². The zero-order chi connectivity index (χ0) is 16.3. The van der Waals surface area contributed by atoms with Gasteiger partial charge >= 0.3 is 0 Å². The average Bonchev–Trinajstić information content (AvgIpc) is 2.95. The van der Waals surface area contributed by atoms with Gasteiger partial charge in [0.15, 0.2) is 0 Å². The molecule has 6 heteroatoms. The van der Waals surface area contributed by atoms with Crippen LogP contribution < -0.4 is 4.83 Å². The maximum atomic E-state index is 12.1. The molecule has 2 aromatic carbocycles. The molecule has 0 amide bonds. The van der Waals surface area contributed by atoms with E-state index in [4.69, 9.17) is 0 Å². The summed E-state index contributed by atoms with van der Waals surface area (Å²) in [6, 6.07) is 14.8. The number of benzene rings is 2. The van der Waals surface area contributed by atoms with Crippen LogP contribution in [0.2, 0.25) is 0 Å². The molecular weight excluding hydrogens is 328 g/mol. The van der Waals surface area contributed by atoms with Crippen molar-refractivity contribution >= 4 is 38.3 Å². The summed E-state index contributed by atoms with van der Waals surface area (Å²) in [5.74, 6) is 0. The van der Waals surface area contributed by atoms with Crippen LogP contribution in [0.4, 0.5) is 0 Å². The van der Waals surface area contributed by atoms with E-state index in [1.165, 1.54) is 15.6 Å². The largest absolute Gasteiger partial charge is 0.276 e. The van der Waals surface area contributed by atoms with Crippen molar-refractivity contribution in [3.05, 3.63) is 64.4 Å². The molecule has 0 saturated carbocycles. The van der Waals surface area contributed by atoms with Crippen LogP contribution in [0.15, 0.2) is 63.9 Å². The first-order valence-corrected chi connectivity index (χ1v) is 9.48. The Hall–Kier alpha value is -2.18. The quantitative estimate of drug-likeness (QED) is 0.566. The van der Waals surface area contributed by atoms with E-state index in [1.807, 2.05) is 19.1 Å². The smallest absolute Gasteiger partial charge is 0.200 e. The van der Waals surface area contributed by atoms with Crippen molar-refractivity contribution in [3.8, 4) is 0 Å². The summed E-state index contributed by atoms with van der Waals surface area (Å²) in [7, 11) is -3.61. The Kier molecular flexibility index (Phi) is 4.45. The van der Waals surface area contributed by atoms with E-state index in [0.29, 0.717) is 6.42 Å². The Bertz CT molecular complexity index is 942. The summed E-state index contributed by atoms with van der Waals surface area (Å²) in [5.41, 5.74) is 1.01. The van der Waals surface area contributed by atoms with Gasteiger partial charge < -0.3 is 0 Å². The molecule has 3 aromatic rings. The zero-order valence-corrected chi connectivity index (χ0v) is 14.2. The summed E-state index contributed by atoms with van der Waals surface area (Å²) >= 11 is 1.65. The Labute approximate surface area is 139 Å². The third-order valence-electron chi connectivity index (χ3n) is 3.46. The van der Waals surface area contributed by atoms with E-state index < -0.39 is 10.0 Å². The number of thiophene rings is 1. The van der Waals surface area contributed by atoms with Gasteiger partial charge in [0.2, 0.25) is 0 Å². The highest BCUT2D eigenvalue weighted by Gasteiger charge is 2.11. The van der Waals surface area contributed by atoms with Crippen LogP contribution in [-0.2, 0) is 16.4 Å². The molecule has 0 spiro atoms. The van der Waals surface area contributed by atoms with Crippen molar-refractivity contribution in [2.75, 3.05) is 0 Å². The molecule has 1 aromatic heterocycles. The first kappa shape index (κ1) is 15.7. The zero-order valence-electron chi connectivity index (χ0n) is 12.6. The third kappa shape index (κ3) is 3.60. The second-order valence-electron chi connectivity index (χ2n) is 5.17. The minimum atomic E-state index is -3.61. The van der Waals surface area contributed by atoms with E-state index in [1.54, 1.807) is 41.8 Å². The lowest BCUT2D eigenvalue weighted by Crippen LogP contribution is -2.18. The van der Waals surface area contributed by atoms with Gasteiger partial charge in [-0.1, -0.05) is 42.0 Å². The van der Waals surface area contributed by atoms with Gasteiger partial charge in [0, 0.05) is 17.5 Å². The fraction of sp³-hybridized carbons (Fsp3) is 0.118. The third-order valence-corrected chi connectivity index (χ3v) is 5.74. The van der Waals surface area contributed by atoms with Gasteiger partial charge in [-0.15, -0.1) is 11.3 Å². The highest BCUT2D eigenvalue weighted by molar-refractivity contribution is 7.89. The van der Waals surface area contributed by atoms with Gasteiger partial charge in [-0.2, -0.15) is 13.5 Å². The van der Waals surface area contributed by atoms with Gasteiger partial charge in [0.1, 0.15) is 0 Å². The topological polar surface area (TPSA) is 58.5 Å². The number of hydrogen-bond donors (Lipinski definition) is 1. The lowest BCUT2D eigenvalue weighted by molar-refractivity contribution is 0.584. The standard InChI is InChI=1S/C17H16N2O2S2/c1-13-6-8-15(9-7-13)23(20,21)19-18-11-10-17-16-5-3-2-4-14(16)12-22-17/h2-9,11-12,19H,10H2,1H3. The van der Waals surface area contributed by atoms with Crippen LogP contribution in [-0.4, -0.2) is 14.6 Å². The van der Waals surface area contributed by atoms with E-state index in [0.717, 1.165) is 5.56 Å². The molecule has 0 aliphatic carbocycles. The molecule has 0 unspecified atom stereocenters. The molecule has 4 nitrogen and oxygen atoms in total. The van der Waals surface area contributed by atoms with Crippen molar-refractivity contribution in [3.63, 3.8) is 0 Å². The Morgan fingerprint density at radius 3 is 2.65 bits per heavy atom. The van der Waals surface area contributed by atoms with Gasteiger partial charge in [-0.05, 0) is 35.2 Å². The SMILES string of the molecule is Cc1ccc(S(=O)(=O)NN=CCc2scc3ccccc23)cc1. The van der Waals surface area contributed by atoms with E-state index in [9.17, 15) is 8.42 Å². The molecule has 0 aliphatic rings. The Morgan fingerprint density at radius 1 is 1.13 bits per heavy atom. The predicted molar refractivity (Wildman–Crippen MR) is 95.5 cm³/mol. The summed E-state index contributed by atoms with van der Waals surface area (Å²) in [5, 5.41) is 8.34. The van der Waals surface area contributed by atoms with Crippen LogP contribution >= 0.6 is 11.3 Å². The summed E-state index contributed by atoms with van der Waals surface area (Å²) in [6.45, 7) is 1.91. The Balaban J connectivity index is 1.68. The molecule has 0 bridgehead atoms. The van der Waals surface area contributed by atoms with Crippen LogP contribution in [0.1, 0.15) is 10.4 Å². The summed E-state index contributed by atoms with van der Waals surface area (Å²) in [4.78, 5) is 3.63. The average molecular weight is 344 g/mol. The summed E-state index contributed by atoms with van der Waals surface area (Å²) < 4.78 is 24.2. The first-order chi connectivity index (χ1) is 11.1. The second kappa shape index (κ2) is 6.52. The number of hydrogen-bond acceptors (Lipinski definition) is 4. The lowest BCUT2D eigenvalue weighted by atomic mass is 10.2. The molecule has 0 radical (unpaired) electrons. The van der Waals surface area contributed by atoms with Gasteiger partial charge in [-0.3, -0.25) is 0 Å². The fourth-order valence-corrected chi connectivity index (χ4v) is 3.99. The summed E-state index contributed by atoms with van der Waals surface area (Å²) in [6.07, 6.45) is 2.18. The molecule has 3 rings (SSSR count). The van der Waals surface area contributed by atoms with E-state index in [2.05, 4.69) is 27.4 Å². The Morgan fingerprint density at radius 2 is 1.87 bits per heavy atom. The van der Waals surface area contributed by atoms with Crippen molar-refractivity contribution in [1.82, 2.24) is 4.83 Å². The maximum absolute atomic E-state index is 12.1. The molecule has 0 saturated heterocycles. The number of nitrogens with one attached hydrogen (secondary N) is 1. The highest BCUT2D eigenvalue weighted by Crippen LogP contribution is 2.25. The van der Waals surface area contributed by atoms with Crippen LogP contribution in [0, 0.1) is 6.92 Å². The number of rotatable bonds is 5. The van der Waals surface area contributed by atoms with E-state index in [-0.39, 0.29) is 4.90 Å².